The molecule has 2 saturated heterocycles. The van der Waals surface area contributed by atoms with Crippen molar-refractivity contribution in [3.63, 3.8) is 0 Å². The molecule has 0 aliphatic carbocycles. The number of esters is 1. The first-order valence-electron chi connectivity index (χ1n) is 10.6. The Balaban J connectivity index is 1.79. The third-order valence-corrected chi connectivity index (χ3v) is 5.60. The number of piperidine rings is 1. The van der Waals surface area contributed by atoms with Crippen LogP contribution in [0.4, 0.5) is 0 Å². The number of ether oxygens (including phenoxy) is 1. The van der Waals surface area contributed by atoms with Gasteiger partial charge in [0.2, 0.25) is 11.8 Å². The van der Waals surface area contributed by atoms with Crippen molar-refractivity contribution < 1.29 is 19.1 Å². The molecular weight excluding hydrogens is 360 g/mol. The molecule has 2 aliphatic heterocycles. The summed E-state index contributed by atoms with van der Waals surface area (Å²) in [5.41, 5.74) is 0. The van der Waals surface area contributed by atoms with E-state index < -0.39 is 0 Å². The van der Waals surface area contributed by atoms with Crippen LogP contribution in [0.5, 0.6) is 0 Å². The summed E-state index contributed by atoms with van der Waals surface area (Å²) in [6.07, 6.45) is 2.56. The van der Waals surface area contributed by atoms with Crippen LogP contribution in [0.15, 0.2) is 0 Å². The highest BCUT2D eigenvalue weighted by molar-refractivity contribution is 5.82. The molecule has 160 valence electrons. The lowest BCUT2D eigenvalue weighted by Crippen LogP contribution is -2.56. The van der Waals surface area contributed by atoms with Gasteiger partial charge in [0.05, 0.1) is 25.1 Å². The van der Waals surface area contributed by atoms with Gasteiger partial charge in [-0.05, 0) is 33.1 Å². The highest BCUT2D eigenvalue weighted by Gasteiger charge is 2.34. The second-order valence-electron chi connectivity index (χ2n) is 7.71. The smallest absolute Gasteiger partial charge is 0.310 e. The van der Waals surface area contributed by atoms with E-state index in [2.05, 4.69) is 15.1 Å². The SMILES string of the molecule is CCCNC(=O)CN1CCN(C(C)C(=O)N2CCCC(C(=O)OCC)C2)CC1. The first-order valence-corrected chi connectivity index (χ1v) is 10.6. The maximum Gasteiger partial charge on any atom is 0.310 e. The van der Waals surface area contributed by atoms with E-state index in [1.807, 2.05) is 18.7 Å². The Labute approximate surface area is 168 Å². The van der Waals surface area contributed by atoms with E-state index in [4.69, 9.17) is 4.74 Å². The standard InChI is InChI=1S/C20H36N4O4/c1-4-8-21-18(25)15-22-10-12-23(13-11-22)16(3)19(26)24-9-6-7-17(14-24)20(27)28-5-2/h16-17H,4-15H2,1-3H3,(H,21,25). The molecule has 2 rings (SSSR count). The summed E-state index contributed by atoms with van der Waals surface area (Å²) in [6, 6.07) is -0.211. The van der Waals surface area contributed by atoms with E-state index in [-0.39, 0.29) is 29.7 Å². The molecule has 8 nitrogen and oxygen atoms in total. The van der Waals surface area contributed by atoms with Gasteiger partial charge in [0.15, 0.2) is 0 Å². The molecule has 1 N–H and O–H groups in total. The van der Waals surface area contributed by atoms with Crippen LogP contribution < -0.4 is 5.32 Å². The normalized spacial score (nSPS) is 22.5. The van der Waals surface area contributed by atoms with Gasteiger partial charge in [-0.3, -0.25) is 24.2 Å². The number of carbonyl (C=O) groups excluding carboxylic acids is 3. The number of hydrogen-bond acceptors (Lipinski definition) is 6. The lowest BCUT2D eigenvalue weighted by atomic mass is 9.97. The van der Waals surface area contributed by atoms with Crippen LogP contribution in [0.3, 0.4) is 0 Å². The zero-order valence-electron chi connectivity index (χ0n) is 17.6. The van der Waals surface area contributed by atoms with E-state index in [0.717, 1.165) is 45.4 Å². The molecule has 2 amide bonds. The minimum absolute atomic E-state index is 0.0674. The summed E-state index contributed by atoms with van der Waals surface area (Å²) in [7, 11) is 0. The van der Waals surface area contributed by atoms with Gasteiger partial charge < -0.3 is 15.0 Å². The number of piperazine rings is 1. The number of rotatable bonds is 8. The molecule has 2 aliphatic rings. The van der Waals surface area contributed by atoms with E-state index in [1.54, 1.807) is 6.92 Å². The third-order valence-electron chi connectivity index (χ3n) is 5.60. The van der Waals surface area contributed by atoms with Crippen molar-refractivity contribution >= 4 is 17.8 Å². The predicted octanol–water partition coefficient (Wildman–Crippen LogP) is 0.320. The van der Waals surface area contributed by atoms with Gasteiger partial charge >= 0.3 is 5.97 Å². The van der Waals surface area contributed by atoms with Crippen molar-refractivity contribution in [2.75, 3.05) is 59.0 Å². The van der Waals surface area contributed by atoms with Gasteiger partial charge in [-0.1, -0.05) is 6.92 Å². The van der Waals surface area contributed by atoms with Crippen molar-refractivity contribution in [2.24, 2.45) is 5.92 Å². The molecule has 2 heterocycles. The van der Waals surface area contributed by atoms with Crippen LogP contribution in [-0.4, -0.2) is 97.5 Å². The molecule has 0 aromatic heterocycles. The van der Waals surface area contributed by atoms with E-state index in [1.165, 1.54) is 0 Å². The van der Waals surface area contributed by atoms with Gasteiger partial charge in [-0.15, -0.1) is 0 Å². The summed E-state index contributed by atoms with van der Waals surface area (Å²) in [4.78, 5) is 43.0. The maximum absolute atomic E-state index is 13.0. The molecule has 0 aromatic rings. The van der Waals surface area contributed by atoms with Crippen LogP contribution in [-0.2, 0) is 19.1 Å². The van der Waals surface area contributed by atoms with Gasteiger partial charge in [-0.2, -0.15) is 0 Å². The summed E-state index contributed by atoms with van der Waals surface area (Å²) < 4.78 is 5.13. The molecule has 0 aromatic carbocycles. The van der Waals surface area contributed by atoms with Crippen molar-refractivity contribution in [2.45, 2.75) is 46.1 Å². The summed E-state index contributed by atoms with van der Waals surface area (Å²) >= 11 is 0. The Hall–Kier alpha value is -1.67. The van der Waals surface area contributed by atoms with Gasteiger partial charge in [0, 0.05) is 45.8 Å². The van der Waals surface area contributed by atoms with Gasteiger partial charge in [0.1, 0.15) is 0 Å². The fourth-order valence-electron chi connectivity index (χ4n) is 3.88. The summed E-state index contributed by atoms with van der Waals surface area (Å²) in [6.45, 7) is 11.6. The first-order chi connectivity index (χ1) is 13.5. The number of carbonyl (C=O) groups is 3. The first kappa shape index (κ1) is 22.6. The average molecular weight is 397 g/mol. The number of hydrogen-bond donors (Lipinski definition) is 1. The van der Waals surface area contributed by atoms with Crippen molar-refractivity contribution in [3.8, 4) is 0 Å². The van der Waals surface area contributed by atoms with Crippen LogP contribution >= 0.6 is 0 Å². The average Bonchev–Trinajstić information content (AvgIpc) is 2.72. The molecule has 2 atom stereocenters. The quantitative estimate of drug-likeness (QED) is 0.595. The number of amides is 2. The lowest BCUT2D eigenvalue weighted by Gasteiger charge is -2.40. The van der Waals surface area contributed by atoms with E-state index >= 15 is 0 Å². The number of likely N-dealkylation sites (tertiary alicyclic amines) is 1. The Bertz CT molecular complexity index is 534. The fraction of sp³-hybridized carbons (Fsp3) is 0.850. The second-order valence-corrected chi connectivity index (χ2v) is 7.71. The minimum atomic E-state index is -0.211. The van der Waals surface area contributed by atoms with Crippen molar-refractivity contribution in [3.05, 3.63) is 0 Å². The largest absolute Gasteiger partial charge is 0.466 e. The second kappa shape index (κ2) is 11.4. The molecule has 0 spiro atoms. The van der Waals surface area contributed by atoms with Gasteiger partial charge in [-0.25, -0.2) is 0 Å². The number of nitrogens with zero attached hydrogens (tertiary/aromatic N) is 3. The molecule has 28 heavy (non-hydrogen) atoms. The molecule has 8 heteroatoms. The minimum Gasteiger partial charge on any atom is -0.466 e. The van der Waals surface area contributed by atoms with E-state index in [9.17, 15) is 14.4 Å². The Morgan fingerprint density at radius 3 is 2.46 bits per heavy atom. The molecule has 0 bridgehead atoms. The monoisotopic (exact) mass is 396 g/mol. The molecular formula is C20H36N4O4. The summed E-state index contributed by atoms with van der Waals surface area (Å²) in [5.74, 6) is -0.244. The third kappa shape index (κ3) is 6.44. The van der Waals surface area contributed by atoms with Crippen LogP contribution in [0.1, 0.15) is 40.0 Å². The fourth-order valence-corrected chi connectivity index (χ4v) is 3.88. The van der Waals surface area contributed by atoms with Crippen LogP contribution in [0, 0.1) is 5.92 Å². The number of nitrogens with one attached hydrogen (secondary N) is 1. The zero-order chi connectivity index (χ0) is 20.5. The molecule has 2 fully saturated rings. The Morgan fingerprint density at radius 1 is 1.11 bits per heavy atom. The maximum atomic E-state index is 13.0. The van der Waals surface area contributed by atoms with Gasteiger partial charge in [0.25, 0.3) is 0 Å². The Morgan fingerprint density at radius 2 is 1.82 bits per heavy atom. The van der Waals surface area contributed by atoms with E-state index in [0.29, 0.717) is 32.8 Å². The predicted molar refractivity (Wildman–Crippen MR) is 107 cm³/mol. The topological polar surface area (TPSA) is 82.2 Å². The van der Waals surface area contributed by atoms with Crippen LogP contribution in [0.2, 0.25) is 0 Å². The van der Waals surface area contributed by atoms with Crippen molar-refractivity contribution in [1.29, 1.82) is 0 Å². The molecule has 0 radical (unpaired) electrons. The highest BCUT2D eigenvalue weighted by atomic mass is 16.5. The lowest BCUT2D eigenvalue weighted by molar-refractivity contribution is -0.152. The molecule has 2 unspecified atom stereocenters. The van der Waals surface area contributed by atoms with Crippen molar-refractivity contribution in [1.82, 2.24) is 20.0 Å². The highest BCUT2D eigenvalue weighted by Crippen LogP contribution is 2.20. The Kier molecular flexibility index (Phi) is 9.18. The zero-order valence-corrected chi connectivity index (χ0v) is 17.6. The molecule has 0 saturated carbocycles. The summed E-state index contributed by atoms with van der Waals surface area (Å²) in [5, 5.41) is 2.90. The van der Waals surface area contributed by atoms with Crippen LogP contribution in [0.25, 0.3) is 0 Å².